The number of carbonyl (C=O) groups is 1. The van der Waals surface area contributed by atoms with Gasteiger partial charge in [-0.05, 0) is 74.7 Å². The molecule has 1 heterocycles. The SMILES string of the molecule is CCC[C@H](C)NC(=O)c1ccc2c(c1)C[C@H](C)N2S(=O)(=O)c1ccc(F)cc1. The van der Waals surface area contributed by atoms with Gasteiger partial charge in [-0.3, -0.25) is 9.10 Å². The summed E-state index contributed by atoms with van der Waals surface area (Å²) in [7, 11) is -3.81. The highest BCUT2D eigenvalue weighted by Gasteiger charge is 2.36. The lowest BCUT2D eigenvalue weighted by molar-refractivity contribution is 0.0938. The van der Waals surface area contributed by atoms with E-state index in [1.54, 1.807) is 18.2 Å². The van der Waals surface area contributed by atoms with E-state index >= 15 is 0 Å². The van der Waals surface area contributed by atoms with Gasteiger partial charge in [-0.15, -0.1) is 0 Å². The third kappa shape index (κ3) is 3.90. The number of sulfonamides is 1. The molecule has 28 heavy (non-hydrogen) atoms. The summed E-state index contributed by atoms with van der Waals surface area (Å²) in [6, 6.07) is 9.71. The first kappa shape index (κ1) is 20.3. The van der Waals surface area contributed by atoms with Gasteiger partial charge in [0, 0.05) is 17.6 Å². The zero-order valence-electron chi connectivity index (χ0n) is 16.3. The Kier molecular flexibility index (Phi) is 5.74. The van der Waals surface area contributed by atoms with Gasteiger partial charge in [0.1, 0.15) is 5.82 Å². The predicted octanol–water partition coefficient (Wildman–Crippen LogP) is 3.88. The van der Waals surface area contributed by atoms with Crippen molar-refractivity contribution in [1.29, 1.82) is 0 Å². The zero-order chi connectivity index (χ0) is 20.5. The first-order valence-electron chi connectivity index (χ1n) is 9.47. The van der Waals surface area contributed by atoms with E-state index in [0.29, 0.717) is 17.7 Å². The fourth-order valence-electron chi connectivity index (χ4n) is 3.64. The largest absolute Gasteiger partial charge is 0.350 e. The number of hydrogen-bond acceptors (Lipinski definition) is 3. The van der Waals surface area contributed by atoms with E-state index in [4.69, 9.17) is 0 Å². The van der Waals surface area contributed by atoms with E-state index < -0.39 is 15.8 Å². The Morgan fingerprint density at radius 2 is 1.93 bits per heavy atom. The van der Waals surface area contributed by atoms with Gasteiger partial charge in [-0.2, -0.15) is 0 Å². The van der Waals surface area contributed by atoms with Crippen molar-refractivity contribution in [1.82, 2.24) is 5.32 Å². The molecule has 0 saturated heterocycles. The van der Waals surface area contributed by atoms with E-state index in [1.807, 2.05) is 13.8 Å². The summed E-state index contributed by atoms with van der Waals surface area (Å²) in [4.78, 5) is 12.5. The minimum absolute atomic E-state index is 0.0452. The molecule has 150 valence electrons. The molecule has 1 aliphatic heterocycles. The van der Waals surface area contributed by atoms with E-state index in [-0.39, 0.29) is 22.9 Å². The number of nitrogens with zero attached hydrogens (tertiary/aromatic N) is 1. The smallest absolute Gasteiger partial charge is 0.264 e. The lowest BCUT2D eigenvalue weighted by atomic mass is 10.1. The summed E-state index contributed by atoms with van der Waals surface area (Å²) < 4.78 is 40.7. The second kappa shape index (κ2) is 7.91. The van der Waals surface area contributed by atoms with Crippen molar-refractivity contribution in [3.8, 4) is 0 Å². The van der Waals surface area contributed by atoms with Gasteiger partial charge < -0.3 is 5.32 Å². The number of hydrogen-bond donors (Lipinski definition) is 1. The third-order valence-corrected chi connectivity index (χ3v) is 6.91. The van der Waals surface area contributed by atoms with Crippen molar-refractivity contribution in [2.24, 2.45) is 0 Å². The number of rotatable bonds is 6. The van der Waals surface area contributed by atoms with Crippen LogP contribution in [0.4, 0.5) is 10.1 Å². The summed E-state index contributed by atoms with van der Waals surface area (Å²) in [5, 5.41) is 2.97. The Labute approximate surface area is 165 Å². The molecule has 0 saturated carbocycles. The molecular formula is C21H25FN2O3S. The second-order valence-corrected chi connectivity index (χ2v) is 9.13. The van der Waals surface area contributed by atoms with Crippen molar-refractivity contribution in [3.05, 3.63) is 59.4 Å². The molecule has 1 N–H and O–H groups in total. The summed E-state index contributed by atoms with van der Waals surface area (Å²) in [6.07, 6.45) is 2.40. The highest BCUT2D eigenvalue weighted by atomic mass is 32.2. The van der Waals surface area contributed by atoms with Gasteiger partial charge in [0.05, 0.1) is 10.6 Å². The maximum Gasteiger partial charge on any atom is 0.264 e. The van der Waals surface area contributed by atoms with Crippen LogP contribution in [-0.2, 0) is 16.4 Å². The molecule has 0 fully saturated rings. The van der Waals surface area contributed by atoms with Crippen LogP contribution in [-0.4, -0.2) is 26.4 Å². The highest BCUT2D eigenvalue weighted by molar-refractivity contribution is 7.92. The molecule has 2 atom stereocenters. The molecule has 0 aliphatic carbocycles. The molecule has 2 aromatic rings. The van der Waals surface area contributed by atoms with Gasteiger partial charge in [-0.25, -0.2) is 12.8 Å². The molecule has 0 spiro atoms. The van der Waals surface area contributed by atoms with Gasteiger partial charge >= 0.3 is 0 Å². The minimum Gasteiger partial charge on any atom is -0.350 e. The second-order valence-electron chi connectivity index (χ2n) is 7.31. The van der Waals surface area contributed by atoms with Gasteiger partial charge in [0.25, 0.3) is 15.9 Å². The molecule has 1 amide bonds. The number of anilines is 1. The van der Waals surface area contributed by atoms with Crippen molar-refractivity contribution in [2.75, 3.05) is 4.31 Å². The van der Waals surface area contributed by atoms with Crippen molar-refractivity contribution >= 4 is 21.6 Å². The monoisotopic (exact) mass is 404 g/mol. The Hall–Kier alpha value is -2.41. The lowest BCUT2D eigenvalue weighted by Gasteiger charge is -2.24. The summed E-state index contributed by atoms with van der Waals surface area (Å²) in [5.41, 5.74) is 1.90. The summed E-state index contributed by atoms with van der Waals surface area (Å²) in [6.45, 7) is 5.85. The number of carbonyl (C=O) groups excluding carboxylic acids is 1. The van der Waals surface area contributed by atoms with Crippen LogP contribution in [0, 0.1) is 5.82 Å². The molecule has 0 unspecified atom stereocenters. The third-order valence-electron chi connectivity index (χ3n) is 4.96. The number of nitrogens with one attached hydrogen (secondary N) is 1. The average molecular weight is 405 g/mol. The normalized spacial score (nSPS) is 17.3. The van der Waals surface area contributed by atoms with Gasteiger partial charge in [-0.1, -0.05) is 13.3 Å². The topological polar surface area (TPSA) is 66.5 Å². The van der Waals surface area contributed by atoms with E-state index in [1.165, 1.54) is 16.4 Å². The molecule has 1 aliphatic rings. The molecule has 3 rings (SSSR count). The predicted molar refractivity (Wildman–Crippen MR) is 108 cm³/mol. The first-order valence-corrected chi connectivity index (χ1v) is 10.9. The Bertz CT molecular complexity index is 974. The molecule has 7 heteroatoms. The maximum absolute atomic E-state index is 13.2. The van der Waals surface area contributed by atoms with Crippen LogP contribution in [0.5, 0.6) is 0 Å². The van der Waals surface area contributed by atoms with Crippen LogP contribution in [0.1, 0.15) is 49.5 Å². The number of benzene rings is 2. The Morgan fingerprint density at radius 1 is 1.25 bits per heavy atom. The molecule has 0 bridgehead atoms. The van der Waals surface area contributed by atoms with E-state index in [9.17, 15) is 17.6 Å². The van der Waals surface area contributed by atoms with E-state index in [0.717, 1.165) is 30.5 Å². The molecule has 0 aromatic heterocycles. The fraction of sp³-hybridized carbons (Fsp3) is 0.381. The zero-order valence-corrected chi connectivity index (χ0v) is 17.1. The van der Waals surface area contributed by atoms with Crippen LogP contribution in [0.15, 0.2) is 47.4 Å². The average Bonchev–Trinajstić information content (AvgIpc) is 2.97. The summed E-state index contributed by atoms with van der Waals surface area (Å²) >= 11 is 0. The van der Waals surface area contributed by atoms with Crippen molar-refractivity contribution in [2.45, 2.75) is 57.0 Å². The number of amides is 1. The Balaban J connectivity index is 1.90. The highest BCUT2D eigenvalue weighted by Crippen LogP contribution is 2.37. The van der Waals surface area contributed by atoms with Crippen LogP contribution in [0.3, 0.4) is 0 Å². The van der Waals surface area contributed by atoms with Crippen LogP contribution in [0.2, 0.25) is 0 Å². The molecule has 0 radical (unpaired) electrons. The number of fused-ring (bicyclic) bond motifs is 1. The van der Waals surface area contributed by atoms with Gasteiger partial charge in [0.15, 0.2) is 0 Å². The minimum atomic E-state index is -3.81. The number of halogens is 1. The quantitative estimate of drug-likeness (QED) is 0.794. The maximum atomic E-state index is 13.2. The fourth-order valence-corrected chi connectivity index (χ4v) is 5.34. The van der Waals surface area contributed by atoms with Crippen LogP contribution < -0.4 is 9.62 Å². The lowest BCUT2D eigenvalue weighted by Crippen LogP contribution is -2.35. The van der Waals surface area contributed by atoms with Gasteiger partial charge in [0.2, 0.25) is 0 Å². The molecule has 2 aromatic carbocycles. The van der Waals surface area contributed by atoms with E-state index in [2.05, 4.69) is 12.2 Å². The van der Waals surface area contributed by atoms with Crippen LogP contribution in [0.25, 0.3) is 0 Å². The van der Waals surface area contributed by atoms with Crippen molar-refractivity contribution < 1.29 is 17.6 Å². The Morgan fingerprint density at radius 3 is 2.57 bits per heavy atom. The standard InChI is InChI=1S/C21H25FN2O3S/c1-4-5-14(2)23-21(25)16-6-11-20-17(13-16)12-15(3)24(20)28(26,27)19-9-7-18(22)8-10-19/h6-11,13-15H,4-5,12H2,1-3H3,(H,23,25)/t14-,15-/m0/s1. The van der Waals surface area contributed by atoms with Crippen LogP contribution >= 0.6 is 0 Å². The molecule has 5 nitrogen and oxygen atoms in total. The summed E-state index contributed by atoms with van der Waals surface area (Å²) in [5.74, 6) is -0.641. The molecular weight excluding hydrogens is 379 g/mol. The first-order chi connectivity index (χ1) is 13.2. The van der Waals surface area contributed by atoms with Crippen molar-refractivity contribution in [3.63, 3.8) is 0 Å².